The predicted octanol–water partition coefficient (Wildman–Crippen LogP) is 2.32. The Labute approximate surface area is 96.5 Å². The number of anilines is 1. The van der Waals surface area contributed by atoms with Gasteiger partial charge in [0.2, 0.25) is 0 Å². The summed E-state index contributed by atoms with van der Waals surface area (Å²) < 4.78 is 13.8. The van der Waals surface area contributed by atoms with Gasteiger partial charge in [0.1, 0.15) is 5.82 Å². The number of rotatable bonds is 3. The molecule has 0 amide bonds. The van der Waals surface area contributed by atoms with Crippen LogP contribution < -0.4 is 10.2 Å². The third-order valence-electron chi connectivity index (χ3n) is 3.19. The first-order valence-corrected chi connectivity index (χ1v) is 5.95. The zero-order valence-electron chi connectivity index (χ0n) is 9.96. The number of hydrogen-bond donors (Lipinski definition) is 1. The lowest BCUT2D eigenvalue weighted by molar-refractivity contribution is 0.570. The fourth-order valence-corrected chi connectivity index (χ4v) is 2.44. The lowest BCUT2D eigenvalue weighted by Gasteiger charge is -2.21. The normalized spacial score (nSPS) is 20.4. The molecule has 1 unspecified atom stereocenters. The van der Waals surface area contributed by atoms with Crippen LogP contribution in [-0.4, -0.2) is 25.7 Å². The molecule has 88 valence electrons. The van der Waals surface area contributed by atoms with E-state index in [-0.39, 0.29) is 5.82 Å². The number of nitrogens with one attached hydrogen (secondary N) is 1. The van der Waals surface area contributed by atoms with E-state index < -0.39 is 0 Å². The molecule has 0 bridgehead atoms. The highest BCUT2D eigenvalue weighted by atomic mass is 19.1. The van der Waals surface area contributed by atoms with Crippen molar-refractivity contribution in [2.24, 2.45) is 0 Å². The van der Waals surface area contributed by atoms with Crippen molar-refractivity contribution in [3.05, 3.63) is 29.6 Å². The van der Waals surface area contributed by atoms with E-state index in [2.05, 4.69) is 17.1 Å². The molecule has 0 radical (unpaired) electrons. The van der Waals surface area contributed by atoms with E-state index in [9.17, 15) is 4.39 Å². The molecule has 0 aromatic heterocycles. The molecule has 1 saturated heterocycles. The monoisotopic (exact) mass is 222 g/mol. The molecule has 1 heterocycles. The van der Waals surface area contributed by atoms with E-state index in [1.807, 2.05) is 13.0 Å². The number of para-hydroxylation sites is 1. The first kappa shape index (κ1) is 11.4. The van der Waals surface area contributed by atoms with Crippen molar-refractivity contribution in [1.29, 1.82) is 0 Å². The van der Waals surface area contributed by atoms with E-state index in [1.54, 1.807) is 12.1 Å². The summed E-state index contributed by atoms with van der Waals surface area (Å²) in [5.41, 5.74) is 1.81. The van der Waals surface area contributed by atoms with Crippen molar-refractivity contribution >= 4 is 5.69 Å². The van der Waals surface area contributed by atoms with Crippen LogP contribution in [0.15, 0.2) is 18.2 Å². The van der Waals surface area contributed by atoms with Crippen molar-refractivity contribution in [2.75, 3.05) is 24.5 Å². The van der Waals surface area contributed by atoms with Gasteiger partial charge in [-0.3, -0.25) is 0 Å². The van der Waals surface area contributed by atoms with Crippen LogP contribution in [0.25, 0.3) is 0 Å². The largest absolute Gasteiger partial charge is 0.367 e. The summed E-state index contributed by atoms with van der Waals surface area (Å²) in [6.45, 7) is 6.92. The molecule has 2 nitrogen and oxygen atoms in total. The Morgan fingerprint density at radius 2 is 2.31 bits per heavy atom. The van der Waals surface area contributed by atoms with Crippen molar-refractivity contribution in [3.8, 4) is 0 Å². The Balaban J connectivity index is 2.14. The molecule has 1 aliphatic rings. The molecule has 1 aliphatic heterocycles. The number of aryl methyl sites for hydroxylation is 1. The van der Waals surface area contributed by atoms with Crippen LogP contribution in [0, 0.1) is 12.7 Å². The van der Waals surface area contributed by atoms with Crippen LogP contribution in [0.1, 0.15) is 18.9 Å². The Kier molecular flexibility index (Phi) is 3.44. The summed E-state index contributed by atoms with van der Waals surface area (Å²) in [4.78, 5) is 2.15. The molecule has 3 heteroatoms. The SMILES string of the molecule is CCNC1CCN(c2c(C)cccc2F)C1. The van der Waals surface area contributed by atoms with Crippen LogP contribution >= 0.6 is 0 Å². The molecule has 1 aromatic carbocycles. The quantitative estimate of drug-likeness (QED) is 0.844. The van der Waals surface area contributed by atoms with Crippen molar-refractivity contribution in [2.45, 2.75) is 26.3 Å². The van der Waals surface area contributed by atoms with Crippen LogP contribution in [-0.2, 0) is 0 Å². The van der Waals surface area contributed by atoms with E-state index in [0.29, 0.717) is 6.04 Å². The lowest BCUT2D eigenvalue weighted by atomic mass is 10.2. The molecular formula is C13H19FN2. The minimum atomic E-state index is -0.0999. The number of benzene rings is 1. The molecule has 16 heavy (non-hydrogen) atoms. The highest BCUT2D eigenvalue weighted by Crippen LogP contribution is 2.27. The van der Waals surface area contributed by atoms with Gasteiger partial charge in [-0.15, -0.1) is 0 Å². The number of halogens is 1. The first-order chi connectivity index (χ1) is 7.72. The zero-order valence-corrected chi connectivity index (χ0v) is 9.96. The standard InChI is InChI=1S/C13H19FN2/c1-3-15-11-7-8-16(9-11)13-10(2)5-4-6-12(13)14/h4-6,11,15H,3,7-9H2,1-2H3. The van der Waals surface area contributed by atoms with Gasteiger partial charge >= 0.3 is 0 Å². The fourth-order valence-electron chi connectivity index (χ4n) is 2.44. The van der Waals surface area contributed by atoms with Gasteiger partial charge in [0, 0.05) is 19.1 Å². The van der Waals surface area contributed by atoms with Gasteiger partial charge in [-0.05, 0) is 31.5 Å². The molecule has 0 aliphatic carbocycles. The summed E-state index contributed by atoms with van der Waals surface area (Å²) in [6.07, 6.45) is 1.10. The summed E-state index contributed by atoms with van der Waals surface area (Å²) in [7, 11) is 0. The highest BCUT2D eigenvalue weighted by molar-refractivity contribution is 5.55. The van der Waals surface area contributed by atoms with Crippen molar-refractivity contribution in [1.82, 2.24) is 5.32 Å². The molecule has 1 N–H and O–H groups in total. The Hall–Kier alpha value is -1.09. The van der Waals surface area contributed by atoms with E-state index >= 15 is 0 Å². The Morgan fingerprint density at radius 1 is 1.50 bits per heavy atom. The van der Waals surface area contributed by atoms with Gasteiger partial charge in [0.25, 0.3) is 0 Å². The molecule has 1 atom stereocenters. The Bertz CT molecular complexity index is 345. The Morgan fingerprint density at radius 3 is 3.00 bits per heavy atom. The minimum Gasteiger partial charge on any atom is -0.367 e. The third kappa shape index (κ3) is 2.19. The number of likely N-dealkylation sites (N-methyl/N-ethyl adjacent to an activating group) is 1. The van der Waals surface area contributed by atoms with Gasteiger partial charge < -0.3 is 10.2 Å². The summed E-state index contributed by atoms with van der Waals surface area (Å²) >= 11 is 0. The van der Waals surface area contributed by atoms with Gasteiger partial charge in [-0.1, -0.05) is 19.1 Å². The maximum absolute atomic E-state index is 13.8. The van der Waals surface area contributed by atoms with Crippen molar-refractivity contribution < 1.29 is 4.39 Å². The average molecular weight is 222 g/mol. The molecule has 0 saturated carbocycles. The fraction of sp³-hybridized carbons (Fsp3) is 0.538. The summed E-state index contributed by atoms with van der Waals surface area (Å²) in [5.74, 6) is -0.0999. The number of hydrogen-bond acceptors (Lipinski definition) is 2. The second-order valence-corrected chi connectivity index (χ2v) is 4.39. The van der Waals surface area contributed by atoms with Gasteiger partial charge in [-0.25, -0.2) is 4.39 Å². The van der Waals surface area contributed by atoms with E-state index in [1.165, 1.54) is 0 Å². The van der Waals surface area contributed by atoms with E-state index in [4.69, 9.17) is 0 Å². The molecule has 0 spiro atoms. The predicted molar refractivity (Wildman–Crippen MR) is 65.4 cm³/mol. The molecule has 2 rings (SSSR count). The summed E-state index contributed by atoms with van der Waals surface area (Å²) in [6, 6.07) is 5.79. The summed E-state index contributed by atoms with van der Waals surface area (Å²) in [5, 5.41) is 3.42. The van der Waals surface area contributed by atoms with Crippen molar-refractivity contribution in [3.63, 3.8) is 0 Å². The maximum Gasteiger partial charge on any atom is 0.146 e. The van der Waals surface area contributed by atoms with Crippen LogP contribution in [0.4, 0.5) is 10.1 Å². The third-order valence-corrected chi connectivity index (χ3v) is 3.19. The van der Waals surface area contributed by atoms with Gasteiger partial charge in [-0.2, -0.15) is 0 Å². The average Bonchev–Trinajstić information content (AvgIpc) is 2.67. The van der Waals surface area contributed by atoms with Crippen LogP contribution in [0.3, 0.4) is 0 Å². The molecule has 1 aromatic rings. The van der Waals surface area contributed by atoms with E-state index in [0.717, 1.165) is 37.3 Å². The first-order valence-electron chi connectivity index (χ1n) is 5.95. The topological polar surface area (TPSA) is 15.3 Å². The number of nitrogens with zero attached hydrogens (tertiary/aromatic N) is 1. The lowest BCUT2D eigenvalue weighted by Crippen LogP contribution is -2.32. The second-order valence-electron chi connectivity index (χ2n) is 4.39. The molecular weight excluding hydrogens is 203 g/mol. The van der Waals surface area contributed by atoms with Crippen LogP contribution in [0.2, 0.25) is 0 Å². The van der Waals surface area contributed by atoms with Gasteiger partial charge in [0.15, 0.2) is 0 Å². The zero-order chi connectivity index (χ0) is 11.5. The van der Waals surface area contributed by atoms with Crippen LogP contribution in [0.5, 0.6) is 0 Å². The minimum absolute atomic E-state index is 0.0999. The van der Waals surface area contributed by atoms with Gasteiger partial charge in [0.05, 0.1) is 5.69 Å². The smallest absolute Gasteiger partial charge is 0.146 e. The second kappa shape index (κ2) is 4.83. The molecule has 1 fully saturated rings. The highest BCUT2D eigenvalue weighted by Gasteiger charge is 2.24. The maximum atomic E-state index is 13.8.